The van der Waals surface area contributed by atoms with Crippen LogP contribution in [0.4, 0.5) is 5.69 Å². The average molecular weight is 248 g/mol. The van der Waals surface area contributed by atoms with Crippen molar-refractivity contribution in [2.24, 2.45) is 16.6 Å². The molecule has 1 rings (SSSR count). The molecule has 0 saturated heterocycles. The Morgan fingerprint density at radius 2 is 1.89 bits per heavy atom. The normalized spacial score (nSPS) is 11.7. The lowest BCUT2D eigenvalue weighted by molar-refractivity contribution is 0.622. The Morgan fingerprint density at radius 1 is 1.28 bits per heavy atom. The third-order valence-corrected chi connectivity index (χ3v) is 2.58. The molecule has 0 amide bonds. The molecule has 0 fully saturated rings. The minimum absolute atomic E-state index is 0.514. The highest BCUT2D eigenvalue weighted by molar-refractivity contribution is 5.77. The van der Waals surface area contributed by atoms with Gasteiger partial charge in [0.25, 0.3) is 0 Å². The van der Waals surface area contributed by atoms with E-state index in [2.05, 4.69) is 53.3 Å². The van der Waals surface area contributed by atoms with Gasteiger partial charge in [0.2, 0.25) is 0 Å². The zero-order valence-electron chi connectivity index (χ0n) is 11.8. The number of nitrogens with zero attached hydrogens (tertiary/aromatic N) is 2. The lowest BCUT2D eigenvalue weighted by Gasteiger charge is -2.12. The van der Waals surface area contributed by atoms with Crippen molar-refractivity contribution in [1.82, 2.24) is 5.32 Å². The van der Waals surface area contributed by atoms with Gasteiger partial charge in [0, 0.05) is 26.3 Å². The molecule has 100 valence electrons. The maximum absolute atomic E-state index is 5.78. The van der Waals surface area contributed by atoms with E-state index in [4.69, 9.17) is 5.73 Å². The number of aliphatic imine (C=N–C) groups is 1. The fourth-order valence-electron chi connectivity index (χ4n) is 1.44. The second kappa shape index (κ2) is 6.89. The quantitative estimate of drug-likeness (QED) is 0.617. The van der Waals surface area contributed by atoms with Crippen molar-refractivity contribution in [3.05, 3.63) is 29.8 Å². The zero-order valence-corrected chi connectivity index (χ0v) is 11.8. The van der Waals surface area contributed by atoms with Gasteiger partial charge in [-0.3, -0.25) is 0 Å². The Kier molecular flexibility index (Phi) is 5.49. The molecular weight excluding hydrogens is 224 g/mol. The molecule has 1 aromatic rings. The average Bonchev–Trinajstić information content (AvgIpc) is 2.34. The van der Waals surface area contributed by atoms with Crippen LogP contribution in [0.25, 0.3) is 0 Å². The monoisotopic (exact) mass is 248 g/mol. The summed E-state index contributed by atoms with van der Waals surface area (Å²) in [6.07, 6.45) is 0. The summed E-state index contributed by atoms with van der Waals surface area (Å²) in [5.41, 5.74) is 8.13. The van der Waals surface area contributed by atoms with E-state index in [1.807, 2.05) is 14.1 Å². The van der Waals surface area contributed by atoms with Crippen LogP contribution >= 0.6 is 0 Å². The van der Waals surface area contributed by atoms with Gasteiger partial charge in [0.1, 0.15) is 0 Å². The number of guanidine groups is 1. The van der Waals surface area contributed by atoms with E-state index in [1.165, 1.54) is 5.69 Å². The highest BCUT2D eigenvalue weighted by atomic mass is 15.1. The van der Waals surface area contributed by atoms with Crippen LogP contribution in [0, 0.1) is 5.92 Å². The lowest BCUT2D eigenvalue weighted by atomic mass is 10.2. The standard InChI is InChI=1S/C14H24N4/c1-11(2)9-16-14(15)17-10-12-5-7-13(8-6-12)18(3)4/h5-8,11H,9-10H2,1-4H3,(H3,15,16,17). The van der Waals surface area contributed by atoms with Crippen LogP contribution in [0.2, 0.25) is 0 Å². The van der Waals surface area contributed by atoms with Crippen LogP contribution in [0.5, 0.6) is 0 Å². The van der Waals surface area contributed by atoms with Gasteiger partial charge in [0.05, 0.1) is 6.54 Å². The van der Waals surface area contributed by atoms with Crippen LogP contribution in [0.15, 0.2) is 29.3 Å². The van der Waals surface area contributed by atoms with Gasteiger partial charge < -0.3 is 16.0 Å². The van der Waals surface area contributed by atoms with Crippen molar-refractivity contribution >= 4 is 11.6 Å². The molecule has 4 nitrogen and oxygen atoms in total. The van der Waals surface area contributed by atoms with E-state index in [0.717, 1.165) is 12.1 Å². The minimum atomic E-state index is 0.514. The predicted octanol–water partition coefficient (Wildman–Crippen LogP) is 1.81. The van der Waals surface area contributed by atoms with Gasteiger partial charge in [-0.25, -0.2) is 4.99 Å². The van der Waals surface area contributed by atoms with E-state index in [1.54, 1.807) is 0 Å². The second-order valence-corrected chi connectivity index (χ2v) is 5.04. The van der Waals surface area contributed by atoms with E-state index in [9.17, 15) is 0 Å². The van der Waals surface area contributed by atoms with Crippen molar-refractivity contribution in [1.29, 1.82) is 0 Å². The number of anilines is 1. The summed E-state index contributed by atoms with van der Waals surface area (Å²) in [4.78, 5) is 6.39. The van der Waals surface area contributed by atoms with Crippen LogP contribution in [-0.4, -0.2) is 26.6 Å². The second-order valence-electron chi connectivity index (χ2n) is 5.04. The van der Waals surface area contributed by atoms with Crippen molar-refractivity contribution in [2.75, 3.05) is 25.5 Å². The number of rotatable bonds is 5. The summed E-state index contributed by atoms with van der Waals surface area (Å²) in [6, 6.07) is 8.33. The first kappa shape index (κ1) is 14.4. The SMILES string of the molecule is CC(C)CNC(N)=NCc1ccc(N(C)C)cc1. The van der Waals surface area contributed by atoms with Crippen LogP contribution in [-0.2, 0) is 6.54 Å². The van der Waals surface area contributed by atoms with Gasteiger partial charge in [-0.15, -0.1) is 0 Å². The van der Waals surface area contributed by atoms with E-state index in [-0.39, 0.29) is 0 Å². The van der Waals surface area contributed by atoms with Crippen molar-refractivity contribution < 1.29 is 0 Å². The van der Waals surface area contributed by atoms with Gasteiger partial charge in [0.15, 0.2) is 5.96 Å². The van der Waals surface area contributed by atoms with Crippen molar-refractivity contribution in [2.45, 2.75) is 20.4 Å². The first-order chi connectivity index (χ1) is 8.49. The Bertz CT molecular complexity index is 379. The number of nitrogens with one attached hydrogen (secondary N) is 1. The fraction of sp³-hybridized carbons (Fsp3) is 0.500. The highest BCUT2D eigenvalue weighted by Crippen LogP contribution is 2.12. The fourth-order valence-corrected chi connectivity index (χ4v) is 1.44. The van der Waals surface area contributed by atoms with Gasteiger partial charge in [-0.05, 0) is 23.6 Å². The van der Waals surface area contributed by atoms with E-state index >= 15 is 0 Å². The number of hydrogen-bond acceptors (Lipinski definition) is 2. The summed E-state index contributed by atoms with van der Waals surface area (Å²) in [5.74, 6) is 1.08. The maximum atomic E-state index is 5.78. The molecule has 0 heterocycles. The predicted molar refractivity (Wildman–Crippen MR) is 78.9 cm³/mol. The molecule has 0 bridgehead atoms. The first-order valence-electron chi connectivity index (χ1n) is 6.29. The number of benzene rings is 1. The molecule has 0 aromatic heterocycles. The van der Waals surface area contributed by atoms with Crippen LogP contribution < -0.4 is 16.0 Å². The van der Waals surface area contributed by atoms with Crippen LogP contribution in [0.3, 0.4) is 0 Å². The molecule has 4 heteroatoms. The van der Waals surface area contributed by atoms with Gasteiger partial charge in [-0.1, -0.05) is 26.0 Å². The zero-order chi connectivity index (χ0) is 13.5. The summed E-state index contributed by atoms with van der Waals surface area (Å²) in [6.45, 7) is 5.75. The molecule has 18 heavy (non-hydrogen) atoms. The van der Waals surface area contributed by atoms with Crippen LogP contribution in [0.1, 0.15) is 19.4 Å². The Morgan fingerprint density at radius 3 is 2.39 bits per heavy atom. The molecule has 0 saturated carbocycles. The Balaban J connectivity index is 2.49. The molecule has 0 aliphatic carbocycles. The summed E-state index contributed by atoms with van der Waals surface area (Å²) in [5, 5.41) is 3.10. The van der Waals surface area contributed by atoms with Crippen molar-refractivity contribution in [3.63, 3.8) is 0 Å². The molecule has 0 atom stereocenters. The smallest absolute Gasteiger partial charge is 0.188 e. The molecule has 0 spiro atoms. The van der Waals surface area contributed by atoms with Gasteiger partial charge >= 0.3 is 0 Å². The maximum Gasteiger partial charge on any atom is 0.188 e. The highest BCUT2D eigenvalue weighted by Gasteiger charge is 1.97. The Labute approximate surface area is 110 Å². The molecule has 0 radical (unpaired) electrons. The molecule has 0 aliphatic rings. The molecule has 0 unspecified atom stereocenters. The number of nitrogens with two attached hydrogens (primary N) is 1. The third kappa shape index (κ3) is 5.08. The largest absolute Gasteiger partial charge is 0.378 e. The van der Waals surface area contributed by atoms with Crippen molar-refractivity contribution in [3.8, 4) is 0 Å². The molecule has 3 N–H and O–H groups in total. The van der Waals surface area contributed by atoms with E-state index < -0.39 is 0 Å². The third-order valence-electron chi connectivity index (χ3n) is 2.58. The lowest BCUT2D eigenvalue weighted by Crippen LogP contribution is -2.34. The van der Waals surface area contributed by atoms with Gasteiger partial charge in [-0.2, -0.15) is 0 Å². The summed E-state index contributed by atoms with van der Waals surface area (Å²) >= 11 is 0. The Hall–Kier alpha value is -1.71. The molecule has 1 aromatic carbocycles. The topological polar surface area (TPSA) is 53.6 Å². The number of hydrogen-bond donors (Lipinski definition) is 2. The minimum Gasteiger partial charge on any atom is -0.378 e. The molecular formula is C14H24N4. The van der Waals surface area contributed by atoms with E-state index in [0.29, 0.717) is 18.4 Å². The summed E-state index contributed by atoms with van der Waals surface area (Å²) < 4.78 is 0. The molecule has 0 aliphatic heterocycles. The summed E-state index contributed by atoms with van der Waals surface area (Å²) in [7, 11) is 4.06. The first-order valence-corrected chi connectivity index (χ1v) is 6.29.